The molecule has 0 aromatic heterocycles. The van der Waals surface area contributed by atoms with Gasteiger partial charge in [0.2, 0.25) is 0 Å². The Morgan fingerprint density at radius 3 is 1.97 bits per heavy atom. The van der Waals surface area contributed by atoms with E-state index in [0.29, 0.717) is 19.3 Å². The number of rotatable bonds is 3. The molecule has 1 rings (SSSR count). The normalized spacial score (nSPS) is 32.7. The van der Waals surface area contributed by atoms with Crippen LogP contribution in [0.4, 0.5) is 0 Å². The van der Waals surface area contributed by atoms with Gasteiger partial charge in [-0.15, -0.1) is 0 Å². The van der Waals surface area contributed by atoms with Crippen LogP contribution in [0.2, 0.25) is 0 Å². The van der Waals surface area contributed by atoms with Gasteiger partial charge in [-0.05, 0) is 56.8 Å². The van der Waals surface area contributed by atoms with E-state index in [9.17, 15) is 14.4 Å². The van der Waals surface area contributed by atoms with Gasteiger partial charge in [-0.3, -0.25) is 14.4 Å². The van der Waals surface area contributed by atoms with Crippen LogP contribution in [0.15, 0.2) is 12.2 Å². The summed E-state index contributed by atoms with van der Waals surface area (Å²) in [7, 11) is 0. The summed E-state index contributed by atoms with van der Waals surface area (Å²) in [6.07, 6.45) is 4.57. The Morgan fingerprint density at radius 1 is 0.828 bits per heavy atom. The minimum Gasteiger partial charge on any atom is -0.462 e. The molecule has 166 valence electrons. The van der Waals surface area contributed by atoms with Crippen LogP contribution in [-0.4, -0.2) is 29.9 Å². The fourth-order valence-electron chi connectivity index (χ4n) is 4.29. The van der Waals surface area contributed by atoms with Crippen LogP contribution in [0.1, 0.15) is 86.5 Å². The lowest BCUT2D eigenvalue weighted by molar-refractivity contribution is -0.150. The second-order valence-electron chi connectivity index (χ2n) is 9.24. The number of allylic oxidation sites excluding steroid dienone is 1. The number of esters is 2. The lowest BCUT2D eigenvalue weighted by Crippen LogP contribution is -2.31. The highest BCUT2D eigenvalue weighted by atomic mass is 16.5. The molecule has 0 spiro atoms. The number of carbonyl (C=O) groups is 3. The van der Waals surface area contributed by atoms with Crippen molar-refractivity contribution in [3.8, 4) is 0 Å². The molecule has 1 aliphatic rings. The molecule has 0 bridgehead atoms. The van der Waals surface area contributed by atoms with Crippen molar-refractivity contribution < 1.29 is 23.9 Å². The van der Waals surface area contributed by atoms with Crippen LogP contribution in [0.5, 0.6) is 0 Å². The van der Waals surface area contributed by atoms with Crippen molar-refractivity contribution in [3.63, 3.8) is 0 Å². The van der Waals surface area contributed by atoms with Crippen LogP contribution in [0.3, 0.4) is 0 Å². The predicted octanol–water partition coefficient (Wildman–Crippen LogP) is 5.26. The van der Waals surface area contributed by atoms with Crippen LogP contribution < -0.4 is 0 Å². The van der Waals surface area contributed by atoms with E-state index in [-0.39, 0.29) is 53.6 Å². The molecule has 0 saturated heterocycles. The lowest BCUT2D eigenvalue weighted by atomic mass is 9.81. The third-order valence-corrected chi connectivity index (χ3v) is 6.16. The summed E-state index contributed by atoms with van der Waals surface area (Å²) in [6.45, 7) is 15.2. The zero-order valence-corrected chi connectivity index (χ0v) is 19.2. The predicted molar refractivity (Wildman–Crippen MR) is 114 cm³/mol. The minimum atomic E-state index is -0.312. The first-order chi connectivity index (χ1) is 13.5. The number of ketones is 1. The number of hydrogen-bond donors (Lipinski definition) is 0. The van der Waals surface area contributed by atoms with Crippen molar-refractivity contribution in [3.05, 3.63) is 12.2 Å². The first kappa shape index (κ1) is 25.4. The summed E-state index contributed by atoms with van der Waals surface area (Å²) in [5, 5.41) is 0. The molecule has 0 radical (unpaired) electrons. The second kappa shape index (κ2) is 12.1. The summed E-state index contributed by atoms with van der Waals surface area (Å²) in [4.78, 5) is 35.8. The van der Waals surface area contributed by atoms with Crippen molar-refractivity contribution in [2.24, 2.45) is 23.7 Å². The Hall–Kier alpha value is -1.65. The topological polar surface area (TPSA) is 69.7 Å². The molecule has 1 aliphatic carbocycles. The van der Waals surface area contributed by atoms with Crippen LogP contribution in [0.25, 0.3) is 0 Å². The monoisotopic (exact) mass is 408 g/mol. The Morgan fingerprint density at radius 2 is 1.41 bits per heavy atom. The van der Waals surface area contributed by atoms with E-state index in [0.717, 1.165) is 31.3 Å². The molecule has 6 atom stereocenters. The molecular weight excluding hydrogens is 368 g/mol. The Labute approximate surface area is 176 Å². The van der Waals surface area contributed by atoms with Crippen molar-refractivity contribution >= 4 is 17.7 Å². The maximum absolute atomic E-state index is 12.6. The molecule has 29 heavy (non-hydrogen) atoms. The highest BCUT2D eigenvalue weighted by Gasteiger charge is 2.29. The first-order valence-electron chi connectivity index (χ1n) is 11.0. The molecule has 0 aliphatic heterocycles. The fourth-order valence-corrected chi connectivity index (χ4v) is 4.29. The van der Waals surface area contributed by atoms with Gasteiger partial charge in [-0.25, -0.2) is 0 Å². The van der Waals surface area contributed by atoms with Gasteiger partial charge in [0.25, 0.3) is 0 Å². The molecule has 0 N–H and O–H groups in total. The number of hydrogen-bond acceptors (Lipinski definition) is 5. The van der Waals surface area contributed by atoms with Gasteiger partial charge in [0.15, 0.2) is 0 Å². The molecule has 0 heterocycles. The lowest BCUT2D eigenvalue weighted by Gasteiger charge is -2.31. The summed E-state index contributed by atoms with van der Waals surface area (Å²) in [5.41, 5.74) is 1.05. The molecular formula is C24H40O5. The Kier molecular flexibility index (Phi) is 10.6. The average Bonchev–Trinajstić information content (AvgIpc) is 2.58. The molecule has 1 fully saturated rings. The smallest absolute Gasteiger partial charge is 0.302 e. The number of Topliss-reactive ketones (excluding diaryl/α,β-unsaturated/α-hetero) is 1. The minimum absolute atomic E-state index is 0.0189. The van der Waals surface area contributed by atoms with E-state index in [1.54, 1.807) is 0 Å². The quantitative estimate of drug-likeness (QED) is 0.470. The summed E-state index contributed by atoms with van der Waals surface area (Å²) in [5.74, 6) is 0.255. The zero-order chi connectivity index (χ0) is 22.1. The van der Waals surface area contributed by atoms with E-state index < -0.39 is 0 Å². The SMILES string of the molecule is C=C(C)[C@@H]1CC[C@@H](C)[C@H](OC(C)=O)CC[C@H](C)CC(=O)C[C@@H](C)[C@H](OC(C)=O)C1. The van der Waals surface area contributed by atoms with Crippen molar-refractivity contribution in [1.29, 1.82) is 0 Å². The molecule has 0 amide bonds. The van der Waals surface area contributed by atoms with E-state index in [1.165, 1.54) is 13.8 Å². The molecule has 5 nitrogen and oxygen atoms in total. The van der Waals surface area contributed by atoms with Crippen molar-refractivity contribution in [1.82, 2.24) is 0 Å². The van der Waals surface area contributed by atoms with Gasteiger partial charge in [0.05, 0.1) is 0 Å². The van der Waals surface area contributed by atoms with Gasteiger partial charge >= 0.3 is 11.9 Å². The fraction of sp³-hybridized carbons (Fsp3) is 0.792. The molecule has 5 heteroatoms. The molecule has 0 aromatic rings. The summed E-state index contributed by atoms with van der Waals surface area (Å²) >= 11 is 0. The average molecular weight is 409 g/mol. The Balaban J connectivity index is 3.07. The first-order valence-corrected chi connectivity index (χ1v) is 11.0. The van der Waals surface area contributed by atoms with E-state index in [1.807, 2.05) is 13.8 Å². The third kappa shape index (κ3) is 9.60. The van der Waals surface area contributed by atoms with E-state index in [4.69, 9.17) is 9.47 Å². The van der Waals surface area contributed by atoms with Gasteiger partial charge in [0, 0.05) is 32.6 Å². The molecule has 0 unspecified atom stereocenters. The second-order valence-corrected chi connectivity index (χ2v) is 9.24. The molecule has 0 aromatic carbocycles. The zero-order valence-electron chi connectivity index (χ0n) is 19.2. The van der Waals surface area contributed by atoms with E-state index in [2.05, 4.69) is 20.4 Å². The standard InChI is InChI=1S/C24H40O5/c1-15(2)21-10-9-17(4)23(28-19(6)25)11-8-16(3)12-22(27)13-18(5)24(14-21)29-20(7)26/h16-18,21,23-24H,1,8-14H2,2-7H3/t16-,17+,18+,21+,23+,24+/m0/s1. The van der Waals surface area contributed by atoms with Crippen molar-refractivity contribution in [2.45, 2.75) is 98.7 Å². The number of ether oxygens (including phenoxy) is 2. The van der Waals surface area contributed by atoms with Crippen LogP contribution in [0, 0.1) is 23.7 Å². The maximum Gasteiger partial charge on any atom is 0.302 e. The summed E-state index contributed by atoms with van der Waals surface area (Å²) in [6, 6.07) is 0. The van der Waals surface area contributed by atoms with Gasteiger partial charge in [0.1, 0.15) is 18.0 Å². The maximum atomic E-state index is 12.6. The van der Waals surface area contributed by atoms with Crippen LogP contribution >= 0.6 is 0 Å². The van der Waals surface area contributed by atoms with Gasteiger partial charge < -0.3 is 9.47 Å². The van der Waals surface area contributed by atoms with Gasteiger partial charge in [-0.1, -0.05) is 32.9 Å². The largest absolute Gasteiger partial charge is 0.462 e. The molecule has 1 saturated carbocycles. The highest BCUT2D eigenvalue weighted by Crippen LogP contribution is 2.32. The number of carbonyl (C=O) groups excluding carboxylic acids is 3. The summed E-state index contributed by atoms with van der Waals surface area (Å²) < 4.78 is 11.2. The van der Waals surface area contributed by atoms with E-state index >= 15 is 0 Å². The third-order valence-electron chi connectivity index (χ3n) is 6.16. The van der Waals surface area contributed by atoms with Gasteiger partial charge in [-0.2, -0.15) is 0 Å². The Bertz CT molecular complexity index is 582. The highest BCUT2D eigenvalue weighted by molar-refractivity contribution is 5.79. The van der Waals surface area contributed by atoms with Crippen molar-refractivity contribution in [2.75, 3.05) is 0 Å². The van der Waals surface area contributed by atoms with Crippen LogP contribution in [-0.2, 0) is 23.9 Å².